The van der Waals surface area contributed by atoms with E-state index in [0.717, 1.165) is 69.7 Å². The van der Waals surface area contributed by atoms with Gasteiger partial charge in [-0.05, 0) is 57.9 Å². The lowest BCUT2D eigenvalue weighted by atomic mass is 9.77. The molecule has 8 heteroatoms. The Hall–Kier alpha value is -6.15. The number of esters is 1. The van der Waals surface area contributed by atoms with Crippen LogP contribution in [-0.2, 0) is 23.2 Å². The van der Waals surface area contributed by atoms with E-state index in [1.807, 2.05) is 84.4 Å². The Labute approximate surface area is 317 Å². The Morgan fingerprint density at radius 1 is 0.704 bits per heavy atom. The molecule has 0 aliphatic rings. The third-order valence-electron chi connectivity index (χ3n) is 9.93. The van der Waals surface area contributed by atoms with Crippen LogP contribution in [0.3, 0.4) is 0 Å². The lowest BCUT2D eigenvalue weighted by Gasteiger charge is -2.34. The summed E-state index contributed by atoms with van der Waals surface area (Å²) >= 11 is 0. The van der Waals surface area contributed by atoms with E-state index >= 15 is 0 Å². The smallest absolute Gasteiger partial charge is 0.341 e. The van der Waals surface area contributed by atoms with Gasteiger partial charge in [-0.3, -0.25) is 4.68 Å². The summed E-state index contributed by atoms with van der Waals surface area (Å²) in [6, 6.07) is 47.8. The zero-order chi connectivity index (χ0) is 37.5. The maximum atomic E-state index is 13.3. The first-order valence-corrected chi connectivity index (χ1v) is 18.9. The number of benzene rings is 5. The van der Waals surface area contributed by atoms with Crippen LogP contribution in [0, 0.1) is 0 Å². The summed E-state index contributed by atoms with van der Waals surface area (Å²) < 4.78 is 7.55. The van der Waals surface area contributed by atoms with Gasteiger partial charge in [-0.2, -0.15) is 5.10 Å². The molecule has 0 N–H and O–H groups in total. The molecule has 54 heavy (non-hydrogen) atoms. The number of hydrogen-bond acceptors (Lipinski definition) is 6. The minimum absolute atomic E-state index is 0.0923. The average molecular weight is 715 g/mol. The fourth-order valence-corrected chi connectivity index (χ4v) is 7.29. The number of ether oxygens (including phenoxy) is 1. The second kappa shape index (κ2) is 16.3. The highest BCUT2D eigenvalue weighted by molar-refractivity contribution is 5.92. The van der Waals surface area contributed by atoms with Gasteiger partial charge in [0.1, 0.15) is 5.56 Å². The molecular formula is C46H46N6O2. The molecule has 7 aromatic rings. The number of carbonyl (C=O) groups is 1. The van der Waals surface area contributed by atoms with Crippen LogP contribution in [0.5, 0.6) is 0 Å². The van der Waals surface area contributed by atoms with E-state index in [2.05, 4.69) is 87.5 Å². The maximum absolute atomic E-state index is 13.3. The van der Waals surface area contributed by atoms with E-state index in [9.17, 15) is 4.79 Å². The van der Waals surface area contributed by atoms with Crippen molar-refractivity contribution in [1.82, 2.24) is 30.0 Å². The minimum Gasteiger partial charge on any atom is -0.462 e. The topological polar surface area (TPSA) is 87.7 Å². The molecule has 0 atom stereocenters. The average Bonchev–Trinajstić information content (AvgIpc) is 3.85. The van der Waals surface area contributed by atoms with E-state index in [-0.39, 0.29) is 11.9 Å². The first-order chi connectivity index (χ1) is 26.4. The number of hydrogen-bond donors (Lipinski definition) is 0. The molecular weight excluding hydrogens is 669 g/mol. The quantitative estimate of drug-likeness (QED) is 0.0824. The molecule has 8 nitrogen and oxygen atoms in total. The van der Waals surface area contributed by atoms with Crippen LogP contribution in [0.2, 0.25) is 0 Å². The summed E-state index contributed by atoms with van der Waals surface area (Å²) in [5.41, 5.74) is 8.49. The molecule has 0 unspecified atom stereocenters. The SMILES string of the molecule is CCCCn1nc(C(C)C)c(C(=O)OCC)c1Cc1ccc(-c2ccccc2-c2nnn(C(c3ccccc3)(c3ccccc3)c3ccccc3)n2)cc1. The summed E-state index contributed by atoms with van der Waals surface area (Å²) in [7, 11) is 0. The van der Waals surface area contributed by atoms with Crippen molar-refractivity contribution in [3.8, 4) is 22.5 Å². The Bertz CT molecular complexity index is 2200. The highest BCUT2D eigenvalue weighted by atomic mass is 16.5. The molecule has 272 valence electrons. The van der Waals surface area contributed by atoms with E-state index in [1.54, 1.807) is 4.80 Å². The third kappa shape index (κ3) is 6.99. The predicted octanol–water partition coefficient (Wildman–Crippen LogP) is 9.73. The van der Waals surface area contributed by atoms with Crippen molar-refractivity contribution < 1.29 is 9.53 Å². The van der Waals surface area contributed by atoms with Crippen LogP contribution in [0.1, 0.15) is 90.5 Å². The molecule has 0 aliphatic heterocycles. The van der Waals surface area contributed by atoms with Gasteiger partial charge in [0.05, 0.1) is 18.0 Å². The Kier molecular flexibility index (Phi) is 10.9. The van der Waals surface area contributed by atoms with E-state index < -0.39 is 5.54 Å². The lowest BCUT2D eigenvalue weighted by Crippen LogP contribution is -2.39. The largest absolute Gasteiger partial charge is 0.462 e. The number of tetrazole rings is 1. The van der Waals surface area contributed by atoms with Gasteiger partial charge in [-0.1, -0.05) is 167 Å². The molecule has 0 amide bonds. The molecule has 0 saturated heterocycles. The van der Waals surface area contributed by atoms with Gasteiger partial charge < -0.3 is 4.74 Å². The number of rotatable bonds is 14. The van der Waals surface area contributed by atoms with Crippen LogP contribution in [0.25, 0.3) is 22.5 Å². The van der Waals surface area contributed by atoms with Crippen LogP contribution in [-0.4, -0.2) is 42.6 Å². The monoisotopic (exact) mass is 714 g/mol. The summed E-state index contributed by atoms with van der Waals surface area (Å²) in [5, 5.41) is 19.6. The number of nitrogens with zero attached hydrogens (tertiary/aromatic N) is 6. The molecule has 7 rings (SSSR count). The van der Waals surface area contributed by atoms with E-state index in [1.165, 1.54) is 0 Å². The second-order valence-corrected chi connectivity index (χ2v) is 13.8. The summed E-state index contributed by atoms with van der Waals surface area (Å²) in [4.78, 5) is 15.1. The number of carbonyl (C=O) groups excluding carboxylic acids is 1. The first-order valence-electron chi connectivity index (χ1n) is 18.9. The summed E-state index contributed by atoms with van der Waals surface area (Å²) in [6.45, 7) is 9.22. The zero-order valence-corrected chi connectivity index (χ0v) is 31.4. The van der Waals surface area contributed by atoms with Gasteiger partial charge in [0.25, 0.3) is 0 Å². The standard InChI is InChI=1S/C46H46N6O2/c1-5-7-31-51-41(42(45(53)54-6-2)43(48-51)33(3)4)32-34-27-29-35(30-28-34)39-25-17-18-26-40(39)44-47-50-52(49-44)46(36-19-11-8-12-20-36,37-21-13-9-14-22-37)38-23-15-10-16-24-38/h8-30,33H,5-7,31-32H2,1-4H3. The molecule has 0 aliphatic carbocycles. The fourth-order valence-electron chi connectivity index (χ4n) is 7.29. The molecule has 2 heterocycles. The van der Waals surface area contributed by atoms with E-state index in [4.69, 9.17) is 25.2 Å². The highest BCUT2D eigenvalue weighted by Crippen LogP contribution is 2.40. The molecule has 0 bridgehead atoms. The van der Waals surface area contributed by atoms with Crippen molar-refractivity contribution in [2.24, 2.45) is 0 Å². The molecule has 2 aromatic heterocycles. The molecule has 0 radical (unpaired) electrons. The first kappa shape index (κ1) is 36.2. The Morgan fingerprint density at radius 3 is 1.80 bits per heavy atom. The van der Waals surface area contributed by atoms with Crippen molar-refractivity contribution in [1.29, 1.82) is 0 Å². The van der Waals surface area contributed by atoms with Gasteiger partial charge in [0, 0.05) is 18.5 Å². The fraction of sp³-hybridized carbons (Fsp3) is 0.239. The van der Waals surface area contributed by atoms with Crippen LogP contribution in [0.15, 0.2) is 140 Å². The van der Waals surface area contributed by atoms with Crippen molar-refractivity contribution in [2.45, 2.75) is 65.0 Å². The third-order valence-corrected chi connectivity index (χ3v) is 9.93. The minimum atomic E-state index is -0.868. The van der Waals surface area contributed by atoms with Crippen molar-refractivity contribution in [2.75, 3.05) is 6.61 Å². The summed E-state index contributed by atoms with van der Waals surface area (Å²) in [5.74, 6) is 0.317. The van der Waals surface area contributed by atoms with Gasteiger partial charge in [-0.25, -0.2) is 4.79 Å². The normalized spacial score (nSPS) is 11.6. The van der Waals surface area contributed by atoms with Crippen LogP contribution in [0.4, 0.5) is 0 Å². The van der Waals surface area contributed by atoms with Gasteiger partial charge in [-0.15, -0.1) is 15.0 Å². The Balaban J connectivity index is 1.27. The van der Waals surface area contributed by atoms with Gasteiger partial charge >= 0.3 is 5.97 Å². The van der Waals surface area contributed by atoms with Crippen molar-refractivity contribution in [3.05, 3.63) is 179 Å². The van der Waals surface area contributed by atoms with Crippen molar-refractivity contribution >= 4 is 5.97 Å². The van der Waals surface area contributed by atoms with Crippen molar-refractivity contribution in [3.63, 3.8) is 0 Å². The Morgan fingerprint density at radius 2 is 1.26 bits per heavy atom. The van der Waals surface area contributed by atoms with Gasteiger partial charge in [0.2, 0.25) is 5.82 Å². The molecule has 5 aromatic carbocycles. The zero-order valence-electron chi connectivity index (χ0n) is 31.4. The highest BCUT2D eigenvalue weighted by Gasteiger charge is 2.41. The lowest BCUT2D eigenvalue weighted by molar-refractivity contribution is 0.0523. The van der Waals surface area contributed by atoms with Crippen LogP contribution < -0.4 is 0 Å². The van der Waals surface area contributed by atoms with E-state index in [0.29, 0.717) is 24.4 Å². The molecule has 0 saturated carbocycles. The number of unbranched alkanes of at least 4 members (excludes halogenated alkanes) is 1. The molecule has 0 spiro atoms. The maximum Gasteiger partial charge on any atom is 0.341 e. The van der Waals surface area contributed by atoms with Gasteiger partial charge in [0.15, 0.2) is 5.54 Å². The van der Waals surface area contributed by atoms with Crippen LogP contribution >= 0.6 is 0 Å². The molecule has 0 fully saturated rings. The second-order valence-electron chi connectivity index (χ2n) is 13.8. The number of aryl methyl sites for hydroxylation is 1. The predicted molar refractivity (Wildman–Crippen MR) is 213 cm³/mol. The number of aromatic nitrogens is 6. The summed E-state index contributed by atoms with van der Waals surface area (Å²) in [6.07, 6.45) is 2.58.